The number of hydrogen-bond donors (Lipinski definition) is 1. The largest absolute Gasteiger partial charge is 0.435 e. The summed E-state index contributed by atoms with van der Waals surface area (Å²) in [5.41, 5.74) is 1.11. The summed E-state index contributed by atoms with van der Waals surface area (Å²) in [6.45, 7) is 1.26. The second-order valence-electron chi connectivity index (χ2n) is 5.87. The Morgan fingerprint density at radius 3 is 2.50 bits per heavy atom. The Balaban J connectivity index is 0.00000176. The number of nitrogens with one attached hydrogen (secondary N) is 1. The quantitative estimate of drug-likeness (QED) is 0.893. The fourth-order valence-corrected chi connectivity index (χ4v) is 3.37. The molecule has 1 aliphatic heterocycles. The molecule has 1 aliphatic carbocycles. The van der Waals surface area contributed by atoms with Gasteiger partial charge in [0.15, 0.2) is 0 Å². The highest BCUT2D eigenvalue weighted by molar-refractivity contribution is 5.85. The summed E-state index contributed by atoms with van der Waals surface area (Å²) in [6, 6.07) is 7.59. The molecule has 2 fully saturated rings. The Kier molecular flexibility index (Phi) is 6.41. The lowest BCUT2D eigenvalue weighted by Gasteiger charge is -2.43. The first-order valence-electron chi connectivity index (χ1n) is 7.73. The van der Waals surface area contributed by atoms with Crippen LogP contribution < -0.4 is 10.1 Å². The average Bonchev–Trinajstić information content (AvgIpc) is 2.43. The molecule has 2 aliphatic rings. The van der Waals surface area contributed by atoms with E-state index >= 15 is 0 Å². The van der Waals surface area contributed by atoms with E-state index in [0.29, 0.717) is 12.0 Å². The van der Waals surface area contributed by atoms with Crippen LogP contribution in [0.25, 0.3) is 0 Å². The van der Waals surface area contributed by atoms with Gasteiger partial charge in [-0.05, 0) is 36.5 Å². The number of nitrogens with zero attached hydrogens (tertiary/aromatic N) is 1. The monoisotopic (exact) mass is 332 g/mol. The Hall–Kier alpha value is -0.910. The predicted molar refractivity (Wildman–Crippen MR) is 84.8 cm³/mol. The molecule has 6 heteroatoms. The number of alkyl halides is 2. The minimum atomic E-state index is -2.76. The zero-order valence-electron chi connectivity index (χ0n) is 12.5. The van der Waals surface area contributed by atoms with E-state index in [1.807, 2.05) is 12.1 Å². The molecule has 1 heterocycles. The average molecular weight is 333 g/mol. The molecular weight excluding hydrogens is 310 g/mol. The number of piperazine rings is 1. The molecule has 124 valence electrons. The Labute approximate surface area is 136 Å². The maximum atomic E-state index is 12.4. The van der Waals surface area contributed by atoms with Crippen LogP contribution in [0.3, 0.4) is 0 Å². The van der Waals surface area contributed by atoms with Gasteiger partial charge in [-0.1, -0.05) is 18.6 Å². The van der Waals surface area contributed by atoms with Crippen molar-refractivity contribution < 1.29 is 13.5 Å². The van der Waals surface area contributed by atoms with Crippen molar-refractivity contribution in [3.63, 3.8) is 0 Å². The van der Waals surface area contributed by atoms with Gasteiger partial charge >= 0.3 is 6.61 Å². The summed E-state index contributed by atoms with van der Waals surface area (Å²) in [7, 11) is 0. The number of halogens is 3. The van der Waals surface area contributed by atoms with Crippen molar-refractivity contribution in [1.29, 1.82) is 0 Å². The number of benzene rings is 1. The molecule has 1 saturated carbocycles. The van der Waals surface area contributed by atoms with E-state index in [1.165, 1.54) is 19.3 Å². The van der Waals surface area contributed by atoms with Crippen LogP contribution in [0.1, 0.15) is 30.9 Å². The van der Waals surface area contributed by atoms with Crippen molar-refractivity contribution in [3.8, 4) is 5.75 Å². The van der Waals surface area contributed by atoms with Gasteiger partial charge in [-0.15, -0.1) is 12.4 Å². The van der Waals surface area contributed by atoms with Gasteiger partial charge in [0.1, 0.15) is 5.75 Å². The first kappa shape index (κ1) is 17.4. The van der Waals surface area contributed by atoms with Crippen LogP contribution in [0.5, 0.6) is 5.75 Å². The van der Waals surface area contributed by atoms with Crippen molar-refractivity contribution in [2.45, 2.75) is 31.9 Å². The molecule has 3 nitrogen and oxygen atoms in total. The Morgan fingerprint density at radius 1 is 1.18 bits per heavy atom. The fraction of sp³-hybridized carbons (Fsp3) is 0.625. The third-order valence-corrected chi connectivity index (χ3v) is 4.57. The summed E-state index contributed by atoms with van der Waals surface area (Å²) in [5, 5.41) is 3.37. The maximum Gasteiger partial charge on any atom is 0.387 e. The van der Waals surface area contributed by atoms with Gasteiger partial charge in [0.05, 0.1) is 0 Å². The van der Waals surface area contributed by atoms with Crippen molar-refractivity contribution in [3.05, 3.63) is 29.8 Å². The van der Waals surface area contributed by atoms with Crippen molar-refractivity contribution in [1.82, 2.24) is 10.2 Å². The van der Waals surface area contributed by atoms with Gasteiger partial charge in [0, 0.05) is 32.2 Å². The molecule has 0 radical (unpaired) electrons. The molecule has 0 unspecified atom stereocenters. The smallest absolute Gasteiger partial charge is 0.387 e. The first-order chi connectivity index (χ1) is 10.2. The first-order valence-corrected chi connectivity index (χ1v) is 7.73. The minimum Gasteiger partial charge on any atom is -0.435 e. The van der Waals surface area contributed by atoms with Crippen molar-refractivity contribution in [2.24, 2.45) is 5.92 Å². The van der Waals surface area contributed by atoms with E-state index in [0.717, 1.165) is 31.7 Å². The molecule has 1 atom stereocenters. The molecule has 1 saturated heterocycles. The highest BCUT2D eigenvalue weighted by Crippen LogP contribution is 2.42. The van der Waals surface area contributed by atoms with E-state index in [4.69, 9.17) is 0 Å². The molecule has 1 aromatic carbocycles. The summed E-state index contributed by atoms with van der Waals surface area (Å²) in [4.78, 5) is 2.49. The zero-order chi connectivity index (χ0) is 14.7. The van der Waals surface area contributed by atoms with Crippen LogP contribution in [-0.4, -0.2) is 37.7 Å². The lowest BCUT2D eigenvalue weighted by atomic mass is 9.76. The number of ether oxygens (including phenoxy) is 1. The molecule has 3 rings (SSSR count). The Bertz CT molecular complexity index is 465. The molecule has 22 heavy (non-hydrogen) atoms. The number of hydrogen-bond acceptors (Lipinski definition) is 3. The van der Waals surface area contributed by atoms with Gasteiger partial charge < -0.3 is 10.1 Å². The molecule has 0 aromatic heterocycles. The van der Waals surface area contributed by atoms with Gasteiger partial charge in [-0.2, -0.15) is 8.78 Å². The van der Waals surface area contributed by atoms with Crippen LogP contribution in [0.15, 0.2) is 24.3 Å². The summed E-state index contributed by atoms with van der Waals surface area (Å²) in [5.74, 6) is 0.909. The normalized spacial score (nSPS) is 21.0. The highest BCUT2D eigenvalue weighted by atomic mass is 35.5. The zero-order valence-corrected chi connectivity index (χ0v) is 13.3. The van der Waals surface area contributed by atoms with Gasteiger partial charge in [-0.25, -0.2) is 0 Å². The summed E-state index contributed by atoms with van der Waals surface area (Å²) >= 11 is 0. The predicted octanol–water partition coefficient (Wildman–Crippen LogP) is 3.46. The van der Waals surface area contributed by atoms with Gasteiger partial charge in [0.2, 0.25) is 0 Å². The SMILES string of the molecule is Cl.FC(F)Oc1cccc([C@@H](C2CCC2)N2CCNCC2)c1. The molecule has 1 aromatic rings. The second-order valence-corrected chi connectivity index (χ2v) is 5.87. The van der Waals surface area contributed by atoms with E-state index < -0.39 is 6.61 Å². The molecule has 1 N–H and O–H groups in total. The van der Waals surface area contributed by atoms with Crippen LogP contribution in [0, 0.1) is 5.92 Å². The Morgan fingerprint density at radius 2 is 1.91 bits per heavy atom. The van der Waals surface area contributed by atoms with Crippen LogP contribution in [-0.2, 0) is 0 Å². The minimum absolute atomic E-state index is 0. The van der Waals surface area contributed by atoms with Gasteiger partial charge in [-0.3, -0.25) is 4.90 Å². The van der Waals surface area contributed by atoms with Crippen LogP contribution >= 0.6 is 12.4 Å². The van der Waals surface area contributed by atoms with E-state index in [9.17, 15) is 8.78 Å². The van der Waals surface area contributed by atoms with E-state index in [1.54, 1.807) is 12.1 Å². The lowest BCUT2D eigenvalue weighted by molar-refractivity contribution is -0.0500. The third kappa shape index (κ3) is 4.09. The molecule has 0 amide bonds. The van der Waals surface area contributed by atoms with Gasteiger partial charge in [0.25, 0.3) is 0 Å². The molecule has 0 bridgehead atoms. The maximum absolute atomic E-state index is 12.4. The standard InChI is InChI=1S/C16H22F2N2O.ClH/c17-16(18)21-14-6-2-5-13(11-14)15(12-3-1-4-12)20-9-7-19-8-10-20;/h2,5-6,11-12,15-16,19H,1,3-4,7-10H2;1H/t15-;/m1./s1. The second kappa shape index (κ2) is 8.09. The number of rotatable bonds is 5. The van der Waals surface area contributed by atoms with E-state index in [2.05, 4.69) is 15.0 Å². The molecular formula is C16H23ClF2N2O. The third-order valence-electron chi connectivity index (χ3n) is 4.57. The fourth-order valence-electron chi connectivity index (χ4n) is 3.37. The van der Waals surface area contributed by atoms with Crippen molar-refractivity contribution >= 4 is 12.4 Å². The highest BCUT2D eigenvalue weighted by Gasteiger charge is 2.33. The van der Waals surface area contributed by atoms with Crippen LogP contribution in [0.2, 0.25) is 0 Å². The van der Waals surface area contributed by atoms with E-state index in [-0.39, 0.29) is 18.2 Å². The molecule has 0 spiro atoms. The summed E-state index contributed by atoms with van der Waals surface area (Å²) < 4.78 is 29.4. The lowest BCUT2D eigenvalue weighted by Crippen LogP contribution is -2.47. The van der Waals surface area contributed by atoms with Crippen molar-refractivity contribution in [2.75, 3.05) is 26.2 Å². The van der Waals surface area contributed by atoms with Crippen LogP contribution in [0.4, 0.5) is 8.78 Å². The topological polar surface area (TPSA) is 24.5 Å². The summed E-state index contributed by atoms with van der Waals surface area (Å²) in [6.07, 6.45) is 3.74.